The molecule has 2 aromatic rings. The number of hydrogen-bond donors (Lipinski definition) is 2. The standard InChI is InChI=1S/C14H17N3O2S/c1-4-12-8(2)20-14(16-12)17-13(18)10-7-9(19-3)5-6-11(10)15/h5-7H,4,15H2,1-3H3,(H,16,17,18). The van der Waals surface area contributed by atoms with E-state index in [0.717, 1.165) is 17.0 Å². The van der Waals surface area contributed by atoms with E-state index in [-0.39, 0.29) is 5.91 Å². The number of thiazole rings is 1. The number of hydrogen-bond acceptors (Lipinski definition) is 5. The Kier molecular flexibility index (Phi) is 4.24. The molecule has 2 rings (SSSR count). The minimum atomic E-state index is -0.280. The number of ether oxygens (including phenoxy) is 1. The SMILES string of the molecule is CCc1nc(NC(=O)c2cc(OC)ccc2N)sc1C. The van der Waals surface area contributed by atoms with Crippen LogP contribution in [0, 0.1) is 6.92 Å². The summed E-state index contributed by atoms with van der Waals surface area (Å²) in [5.74, 6) is 0.312. The van der Waals surface area contributed by atoms with Crippen LogP contribution in [0.1, 0.15) is 27.9 Å². The number of nitrogens with one attached hydrogen (secondary N) is 1. The van der Waals surface area contributed by atoms with Crippen molar-refractivity contribution >= 4 is 28.1 Å². The number of carbonyl (C=O) groups is 1. The quantitative estimate of drug-likeness (QED) is 0.849. The molecule has 106 valence electrons. The van der Waals surface area contributed by atoms with Crippen LogP contribution in [0.3, 0.4) is 0 Å². The zero-order chi connectivity index (χ0) is 14.7. The summed E-state index contributed by atoms with van der Waals surface area (Å²) in [7, 11) is 1.55. The lowest BCUT2D eigenvalue weighted by Crippen LogP contribution is -2.14. The molecule has 0 saturated heterocycles. The third-order valence-corrected chi connectivity index (χ3v) is 3.88. The fourth-order valence-corrected chi connectivity index (χ4v) is 2.73. The lowest BCUT2D eigenvalue weighted by molar-refractivity contribution is 0.102. The smallest absolute Gasteiger partial charge is 0.259 e. The number of benzene rings is 1. The lowest BCUT2D eigenvalue weighted by atomic mass is 10.1. The summed E-state index contributed by atoms with van der Waals surface area (Å²) < 4.78 is 5.10. The third-order valence-electron chi connectivity index (χ3n) is 2.95. The molecule has 0 spiro atoms. The van der Waals surface area contributed by atoms with Crippen LogP contribution < -0.4 is 15.8 Å². The molecule has 0 unspecified atom stereocenters. The van der Waals surface area contributed by atoms with Crippen LogP contribution in [0.15, 0.2) is 18.2 Å². The van der Waals surface area contributed by atoms with E-state index in [0.29, 0.717) is 22.1 Å². The van der Waals surface area contributed by atoms with Gasteiger partial charge in [0.25, 0.3) is 5.91 Å². The molecule has 1 heterocycles. The van der Waals surface area contributed by atoms with Crippen molar-refractivity contribution in [3.8, 4) is 5.75 Å². The first-order valence-corrected chi connectivity index (χ1v) is 7.08. The molecular formula is C14H17N3O2S. The zero-order valence-corrected chi connectivity index (χ0v) is 12.5. The van der Waals surface area contributed by atoms with E-state index in [2.05, 4.69) is 10.3 Å². The van der Waals surface area contributed by atoms with E-state index < -0.39 is 0 Å². The number of nitrogen functional groups attached to an aromatic ring is 1. The molecular weight excluding hydrogens is 274 g/mol. The van der Waals surface area contributed by atoms with E-state index in [9.17, 15) is 4.79 Å². The van der Waals surface area contributed by atoms with Gasteiger partial charge >= 0.3 is 0 Å². The Morgan fingerprint density at radius 3 is 2.85 bits per heavy atom. The first-order valence-electron chi connectivity index (χ1n) is 6.26. The molecule has 0 atom stereocenters. The van der Waals surface area contributed by atoms with Crippen LogP contribution in [0.5, 0.6) is 5.75 Å². The van der Waals surface area contributed by atoms with Crippen LogP contribution in [0.25, 0.3) is 0 Å². The average molecular weight is 291 g/mol. The number of nitrogens with two attached hydrogens (primary N) is 1. The molecule has 5 nitrogen and oxygen atoms in total. The zero-order valence-electron chi connectivity index (χ0n) is 11.7. The molecule has 0 saturated carbocycles. The van der Waals surface area contributed by atoms with Crippen molar-refractivity contribution < 1.29 is 9.53 Å². The molecule has 0 aliphatic carbocycles. The summed E-state index contributed by atoms with van der Waals surface area (Å²) in [5.41, 5.74) is 7.62. The number of carbonyl (C=O) groups excluding carboxylic acids is 1. The third kappa shape index (κ3) is 2.91. The summed E-state index contributed by atoms with van der Waals surface area (Å²) in [6.07, 6.45) is 0.847. The average Bonchev–Trinajstić information content (AvgIpc) is 2.79. The summed E-state index contributed by atoms with van der Waals surface area (Å²) in [4.78, 5) is 17.7. The molecule has 1 amide bonds. The van der Waals surface area contributed by atoms with Gasteiger partial charge in [0.1, 0.15) is 5.75 Å². The fraction of sp³-hybridized carbons (Fsp3) is 0.286. The van der Waals surface area contributed by atoms with E-state index in [4.69, 9.17) is 10.5 Å². The molecule has 1 aromatic heterocycles. The summed E-state index contributed by atoms with van der Waals surface area (Å²) >= 11 is 1.46. The van der Waals surface area contributed by atoms with Gasteiger partial charge in [-0.15, -0.1) is 11.3 Å². The maximum absolute atomic E-state index is 12.2. The van der Waals surface area contributed by atoms with Gasteiger partial charge in [-0.2, -0.15) is 0 Å². The maximum atomic E-state index is 12.2. The predicted octanol–water partition coefficient (Wildman–Crippen LogP) is 2.86. The molecule has 0 bridgehead atoms. The monoisotopic (exact) mass is 291 g/mol. The second-order valence-corrected chi connectivity index (χ2v) is 5.49. The number of aromatic nitrogens is 1. The van der Waals surface area contributed by atoms with Gasteiger partial charge in [0.2, 0.25) is 0 Å². The highest BCUT2D eigenvalue weighted by Crippen LogP contribution is 2.25. The molecule has 0 aliphatic heterocycles. The van der Waals surface area contributed by atoms with Crippen LogP contribution in [0.4, 0.5) is 10.8 Å². The summed E-state index contributed by atoms with van der Waals surface area (Å²) in [6.45, 7) is 4.03. The van der Waals surface area contributed by atoms with Crippen molar-refractivity contribution in [2.45, 2.75) is 20.3 Å². The van der Waals surface area contributed by atoms with Crippen LogP contribution in [-0.2, 0) is 6.42 Å². The second-order valence-electron chi connectivity index (χ2n) is 4.28. The van der Waals surface area contributed by atoms with Gasteiger partial charge in [-0.3, -0.25) is 10.1 Å². The Bertz CT molecular complexity index is 637. The van der Waals surface area contributed by atoms with Crippen LogP contribution in [0.2, 0.25) is 0 Å². The van der Waals surface area contributed by atoms with Crippen LogP contribution >= 0.6 is 11.3 Å². The fourth-order valence-electron chi connectivity index (χ4n) is 1.83. The normalized spacial score (nSPS) is 10.3. The molecule has 20 heavy (non-hydrogen) atoms. The highest BCUT2D eigenvalue weighted by atomic mass is 32.1. The number of methoxy groups -OCH3 is 1. The topological polar surface area (TPSA) is 77.2 Å². The van der Waals surface area contributed by atoms with Crippen molar-refractivity contribution in [2.24, 2.45) is 0 Å². The second kappa shape index (κ2) is 5.92. The number of rotatable bonds is 4. The number of aryl methyl sites for hydroxylation is 2. The van der Waals surface area contributed by atoms with E-state index >= 15 is 0 Å². The molecule has 6 heteroatoms. The molecule has 0 aliphatic rings. The van der Waals surface area contributed by atoms with Gasteiger partial charge in [0.15, 0.2) is 5.13 Å². The van der Waals surface area contributed by atoms with Gasteiger partial charge in [0.05, 0.1) is 18.4 Å². The predicted molar refractivity (Wildman–Crippen MR) is 81.6 cm³/mol. The minimum Gasteiger partial charge on any atom is -0.497 e. The molecule has 1 aromatic carbocycles. The maximum Gasteiger partial charge on any atom is 0.259 e. The Balaban J connectivity index is 2.23. The Labute approximate surface area is 121 Å². The van der Waals surface area contributed by atoms with Gasteiger partial charge < -0.3 is 10.5 Å². The Morgan fingerprint density at radius 2 is 2.25 bits per heavy atom. The van der Waals surface area contributed by atoms with Crippen molar-refractivity contribution in [3.05, 3.63) is 34.3 Å². The Morgan fingerprint density at radius 1 is 1.50 bits per heavy atom. The van der Waals surface area contributed by atoms with Gasteiger partial charge in [-0.1, -0.05) is 6.92 Å². The van der Waals surface area contributed by atoms with Gasteiger partial charge in [0, 0.05) is 10.6 Å². The van der Waals surface area contributed by atoms with E-state index in [1.807, 2.05) is 13.8 Å². The molecule has 0 fully saturated rings. The molecule has 3 N–H and O–H groups in total. The first kappa shape index (κ1) is 14.3. The van der Waals surface area contributed by atoms with Crippen molar-refractivity contribution in [1.29, 1.82) is 0 Å². The minimum absolute atomic E-state index is 0.280. The van der Waals surface area contributed by atoms with E-state index in [1.54, 1.807) is 25.3 Å². The highest BCUT2D eigenvalue weighted by Gasteiger charge is 2.14. The van der Waals surface area contributed by atoms with Gasteiger partial charge in [-0.25, -0.2) is 4.98 Å². The summed E-state index contributed by atoms with van der Waals surface area (Å²) in [6, 6.07) is 4.99. The Hall–Kier alpha value is -2.08. The van der Waals surface area contributed by atoms with Crippen molar-refractivity contribution in [3.63, 3.8) is 0 Å². The van der Waals surface area contributed by atoms with Crippen LogP contribution in [-0.4, -0.2) is 18.0 Å². The van der Waals surface area contributed by atoms with Gasteiger partial charge in [-0.05, 0) is 31.5 Å². The van der Waals surface area contributed by atoms with Crippen molar-refractivity contribution in [2.75, 3.05) is 18.2 Å². The van der Waals surface area contributed by atoms with Crippen molar-refractivity contribution in [1.82, 2.24) is 4.98 Å². The number of amides is 1. The molecule has 0 radical (unpaired) electrons. The van der Waals surface area contributed by atoms with E-state index in [1.165, 1.54) is 11.3 Å². The lowest BCUT2D eigenvalue weighted by Gasteiger charge is -2.07. The number of anilines is 2. The number of nitrogens with zero attached hydrogens (tertiary/aromatic N) is 1. The summed E-state index contributed by atoms with van der Waals surface area (Å²) in [5, 5.41) is 3.37. The first-order chi connectivity index (χ1) is 9.55. The highest BCUT2D eigenvalue weighted by molar-refractivity contribution is 7.15. The largest absolute Gasteiger partial charge is 0.497 e.